The Morgan fingerprint density at radius 3 is 2.54 bits per heavy atom. The number of ether oxygens (including phenoxy) is 1. The van der Waals surface area contributed by atoms with Gasteiger partial charge in [-0.05, 0) is 50.6 Å². The molecule has 2 saturated heterocycles. The highest BCUT2D eigenvalue weighted by Crippen LogP contribution is 2.32. The van der Waals surface area contributed by atoms with Gasteiger partial charge >= 0.3 is 0 Å². The lowest BCUT2D eigenvalue weighted by atomic mass is 9.97. The predicted molar refractivity (Wildman–Crippen MR) is 152 cm³/mol. The number of sulfonamides is 1. The molecule has 0 unspecified atom stereocenters. The van der Waals surface area contributed by atoms with Gasteiger partial charge in [-0.2, -0.15) is 0 Å². The number of hydrogen-bond acceptors (Lipinski definition) is 7. The van der Waals surface area contributed by atoms with Crippen LogP contribution in [0.3, 0.4) is 0 Å². The molecule has 0 saturated carbocycles. The monoisotopic (exact) mass is 569 g/mol. The van der Waals surface area contributed by atoms with Gasteiger partial charge in [-0.25, -0.2) is 13.4 Å². The second-order valence-electron chi connectivity index (χ2n) is 9.99. The number of anilines is 2. The highest BCUT2D eigenvalue weighted by atomic mass is 35.5. The molecule has 204 valence electrons. The zero-order valence-corrected chi connectivity index (χ0v) is 24.1. The summed E-state index contributed by atoms with van der Waals surface area (Å²) in [7, 11) is -1.69. The molecule has 0 radical (unpaired) electrons. The maximum absolute atomic E-state index is 11.5. The van der Waals surface area contributed by atoms with Gasteiger partial charge in [-0.15, -0.1) is 0 Å². The second-order valence-corrected chi connectivity index (χ2v) is 12.6. The summed E-state index contributed by atoms with van der Waals surface area (Å²) in [5.74, 6) is 1.56. The van der Waals surface area contributed by atoms with Gasteiger partial charge in [-0.1, -0.05) is 42.6 Å². The smallest absolute Gasteiger partial charge is 0.229 e. The number of aromatic nitrogens is 1. The third-order valence-corrected chi connectivity index (χ3v) is 8.36. The Morgan fingerprint density at radius 1 is 1.14 bits per heavy atom. The van der Waals surface area contributed by atoms with Gasteiger partial charge < -0.3 is 9.64 Å². The van der Waals surface area contributed by atoms with Gasteiger partial charge in [-0.3, -0.25) is 14.5 Å². The molecular weight excluding hydrogens is 533 g/mol. The zero-order chi connectivity index (χ0) is 26.6. The van der Waals surface area contributed by atoms with Gasteiger partial charge in [0.15, 0.2) is 0 Å². The van der Waals surface area contributed by atoms with Crippen LogP contribution in [0.25, 0.3) is 0 Å². The molecule has 2 aliphatic heterocycles. The van der Waals surface area contributed by atoms with Crippen molar-refractivity contribution < 1.29 is 13.2 Å². The van der Waals surface area contributed by atoms with E-state index < -0.39 is 10.0 Å². The number of nitrogens with zero attached hydrogens (tertiary/aromatic N) is 4. The summed E-state index contributed by atoms with van der Waals surface area (Å²) in [4.78, 5) is 12.0. The van der Waals surface area contributed by atoms with Crippen molar-refractivity contribution >= 4 is 44.7 Å². The number of piperazine rings is 1. The van der Waals surface area contributed by atoms with Gasteiger partial charge in [0.05, 0.1) is 30.3 Å². The Hall–Kier alpha value is -1.78. The van der Waals surface area contributed by atoms with Gasteiger partial charge in [0.1, 0.15) is 11.6 Å². The second kappa shape index (κ2) is 12.4. The van der Waals surface area contributed by atoms with Crippen LogP contribution in [0, 0.1) is 0 Å². The highest BCUT2D eigenvalue weighted by Gasteiger charge is 2.34. The minimum atomic E-state index is -3.38. The van der Waals surface area contributed by atoms with Crippen molar-refractivity contribution in [3.63, 3.8) is 0 Å². The molecule has 0 aliphatic carbocycles. The highest BCUT2D eigenvalue weighted by molar-refractivity contribution is 7.92. The van der Waals surface area contributed by atoms with E-state index in [2.05, 4.69) is 37.4 Å². The number of methoxy groups -OCH3 is 1. The molecule has 0 spiro atoms. The summed E-state index contributed by atoms with van der Waals surface area (Å²) >= 11 is 12.7. The molecule has 2 aromatic rings. The van der Waals surface area contributed by atoms with Crippen LogP contribution in [0.5, 0.6) is 5.75 Å². The molecule has 0 amide bonds. The lowest BCUT2D eigenvalue weighted by Crippen LogP contribution is -2.58. The third kappa shape index (κ3) is 7.41. The zero-order valence-electron chi connectivity index (χ0n) is 21.8. The molecule has 1 atom stereocenters. The van der Waals surface area contributed by atoms with Crippen LogP contribution in [0.1, 0.15) is 38.2 Å². The van der Waals surface area contributed by atoms with Crippen LogP contribution >= 0.6 is 23.2 Å². The molecule has 0 bridgehead atoms. The molecule has 37 heavy (non-hydrogen) atoms. The number of hydrogen-bond donors (Lipinski definition) is 1. The quantitative estimate of drug-likeness (QED) is 0.468. The molecular formula is C26H37Cl2N5O3S. The maximum atomic E-state index is 11.5. The number of pyridine rings is 1. The van der Waals surface area contributed by atoms with Crippen LogP contribution in [0.2, 0.25) is 10.0 Å². The molecule has 3 heterocycles. The first-order chi connectivity index (χ1) is 17.7. The fourth-order valence-electron chi connectivity index (χ4n) is 5.57. The molecule has 2 fully saturated rings. The molecule has 2 aliphatic rings. The van der Waals surface area contributed by atoms with E-state index in [4.69, 9.17) is 27.9 Å². The van der Waals surface area contributed by atoms with E-state index in [0.29, 0.717) is 33.6 Å². The maximum Gasteiger partial charge on any atom is 0.229 e. The molecule has 4 rings (SSSR count). The summed E-state index contributed by atoms with van der Waals surface area (Å²) in [6.45, 7) is 7.87. The minimum absolute atomic E-state index is 0.378. The van der Waals surface area contributed by atoms with Crippen molar-refractivity contribution in [1.82, 2.24) is 14.8 Å². The standard InChI is InChI=1S/C26H37Cl2N5O3S/c1-4-5-23-18-32(26-24(28)15-21(16-29-26)30-37(3,34)35)12-13-33(23)22-8-10-31(11-9-22)17-19-6-7-20(27)14-25(19)36-2/h6-7,14-16,22-23,30H,4-5,8-13,17-18H2,1-3H3/t23-/m0/s1. The predicted octanol–water partition coefficient (Wildman–Crippen LogP) is 4.72. The number of piperidine rings is 1. The molecule has 1 N–H and O–H groups in total. The van der Waals surface area contributed by atoms with Crippen LogP contribution in [0.4, 0.5) is 11.5 Å². The first-order valence-corrected chi connectivity index (χ1v) is 15.5. The first kappa shape index (κ1) is 28.2. The van der Waals surface area contributed by atoms with E-state index in [1.807, 2.05) is 12.1 Å². The topological polar surface area (TPSA) is 78.0 Å². The first-order valence-electron chi connectivity index (χ1n) is 12.9. The van der Waals surface area contributed by atoms with E-state index in [1.54, 1.807) is 13.2 Å². The van der Waals surface area contributed by atoms with Crippen LogP contribution < -0.4 is 14.4 Å². The minimum Gasteiger partial charge on any atom is -0.496 e. The van der Waals surface area contributed by atoms with E-state index >= 15 is 0 Å². The van der Waals surface area contributed by atoms with Crippen molar-refractivity contribution in [1.29, 1.82) is 0 Å². The Morgan fingerprint density at radius 2 is 1.89 bits per heavy atom. The Labute approximate surface area is 230 Å². The summed E-state index contributed by atoms with van der Waals surface area (Å²) in [6, 6.07) is 8.50. The fraction of sp³-hybridized carbons (Fsp3) is 0.577. The van der Waals surface area contributed by atoms with Gasteiger partial charge in [0, 0.05) is 48.8 Å². The summed E-state index contributed by atoms with van der Waals surface area (Å²) in [6.07, 6.45) is 7.16. The van der Waals surface area contributed by atoms with Gasteiger partial charge in [0.25, 0.3) is 0 Å². The van der Waals surface area contributed by atoms with Crippen LogP contribution in [-0.4, -0.2) is 81.4 Å². The molecule has 1 aromatic carbocycles. The van der Waals surface area contributed by atoms with Crippen molar-refractivity contribution in [2.75, 3.05) is 55.7 Å². The lowest BCUT2D eigenvalue weighted by Gasteiger charge is -2.48. The van der Waals surface area contributed by atoms with E-state index in [9.17, 15) is 8.42 Å². The Bertz CT molecular complexity index is 1170. The largest absolute Gasteiger partial charge is 0.496 e. The summed E-state index contributed by atoms with van der Waals surface area (Å²) in [5.41, 5.74) is 1.55. The summed E-state index contributed by atoms with van der Waals surface area (Å²) in [5, 5.41) is 1.15. The molecule has 8 nitrogen and oxygen atoms in total. The number of halogens is 2. The Kier molecular flexibility index (Phi) is 9.45. The van der Waals surface area contributed by atoms with E-state index in [0.717, 1.165) is 77.0 Å². The SMILES string of the molecule is CCC[C@H]1CN(c2ncc(NS(C)(=O)=O)cc2Cl)CCN1C1CCN(Cc2ccc(Cl)cc2OC)CC1. The van der Waals surface area contributed by atoms with E-state index in [1.165, 1.54) is 11.8 Å². The normalized spacial score (nSPS) is 20.2. The number of rotatable bonds is 9. The van der Waals surface area contributed by atoms with E-state index in [-0.39, 0.29) is 0 Å². The van der Waals surface area contributed by atoms with Crippen molar-refractivity contribution in [2.24, 2.45) is 0 Å². The molecule has 11 heteroatoms. The van der Waals surface area contributed by atoms with Crippen molar-refractivity contribution in [2.45, 2.75) is 51.2 Å². The average Bonchev–Trinajstić information content (AvgIpc) is 2.85. The van der Waals surface area contributed by atoms with Crippen molar-refractivity contribution in [3.05, 3.63) is 46.1 Å². The number of benzene rings is 1. The van der Waals surface area contributed by atoms with Crippen molar-refractivity contribution in [3.8, 4) is 5.75 Å². The third-order valence-electron chi connectivity index (χ3n) is 7.24. The summed E-state index contributed by atoms with van der Waals surface area (Å²) < 4.78 is 31.1. The van der Waals surface area contributed by atoms with Crippen LogP contribution in [-0.2, 0) is 16.6 Å². The van der Waals surface area contributed by atoms with Crippen LogP contribution in [0.15, 0.2) is 30.5 Å². The Balaban J connectivity index is 1.37. The number of nitrogens with one attached hydrogen (secondary N) is 1. The van der Waals surface area contributed by atoms with Gasteiger partial charge in [0.2, 0.25) is 10.0 Å². The lowest BCUT2D eigenvalue weighted by molar-refractivity contribution is 0.0587. The fourth-order valence-corrected chi connectivity index (χ4v) is 6.55. The average molecular weight is 571 g/mol. The number of likely N-dealkylation sites (tertiary alicyclic amines) is 1. The molecule has 1 aromatic heterocycles.